The summed E-state index contributed by atoms with van der Waals surface area (Å²) in [5, 5.41) is 27.5. The fraction of sp³-hybridized carbons (Fsp3) is 0.241. The summed E-state index contributed by atoms with van der Waals surface area (Å²) in [7, 11) is 2.00. The van der Waals surface area contributed by atoms with E-state index in [1.165, 1.54) is 0 Å². The fourth-order valence-electron chi connectivity index (χ4n) is 9.96. The summed E-state index contributed by atoms with van der Waals surface area (Å²) in [6, 6.07) is 47.9. The lowest BCUT2D eigenvalue weighted by Crippen LogP contribution is -2.55. The number of cyclic esters (lactones) is 1. The average Bonchev–Trinajstić information content (AvgIpc) is 3.82. The number of anilines is 1. The van der Waals surface area contributed by atoms with Crippen molar-refractivity contribution in [3.63, 3.8) is 0 Å². The van der Waals surface area contributed by atoms with Crippen LogP contribution in [0.1, 0.15) is 63.2 Å². The largest absolute Gasteiger partial charge is 0.491 e. The quantitative estimate of drug-likeness (QED) is 0.0742. The first-order chi connectivity index (χ1) is 31.8. The van der Waals surface area contributed by atoms with Gasteiger partial charge in [-0.05, 0) is 59.1 Å². The number of amides is 2. The molecule has 0 unspecified atom stereocenters. The predicted molar refractivity (Wildman–Crippen MR) is 246 cm³/mol. The Hall–Kier alpha value is -7.07. The van der Waals surface area contributed by atoms with Gasteiger partial charge in [-0.2, -0.15) is 0 Å². The van der Waals surface area contributed by atoms with E-state index in [2.05, 4.69) is 39.5 Å². The second-order valence-electron chi connectivity index (χ2n) is 16.7. The van der Waals surface area contributed by atoms with E-state index in [0.717, 1.165) is 16.7 Å². The Morgan fingerprint density at radius 1 is 0.846 bits per heavy atom. The molecule has 6 aromatic carbocycles. The van der Waals surface area contributed by atoms with Gasteiger partial charge in [-0.1, -0.05) is 151 Å². The monoisotopic (exact) mass is 866 g/mol. The molecule has 11 heteroatoms. The minimum absolute atomic E-state index is 0.0422. The van der Waals surface area contributed by atoms with E-state index in [1.54, 1.807) is 36.4 Å². The van der Waals surface area contributed by atoms with Gasteiger partial charge in [-0.25, -0.2) is 0 Å². The number of carbonyl (C=O) groups is 3. The molecule has 2 fully saturated rings. The number of nitrogens with zero attached hydrogens (tertiary/aromatic N) is 2. The number of aliphatic hydroxyl groups is 2. The van der Waals surface area contributed by atoms with E-state index in [4.69, 9.17) is 9.47 Å². The Labute approximate surface area is 378 Å². The molecule has 65 heavy (non-hydrogen) atoms. The average molecular weight is 867 g/mol. The molecule has 328 valence electrons. The molecule has 0 bridgehead atoms. The highest BCUT2D eigenvalue weighted by Gasteiger charge is 2.74. The predicted octanol–water partition coefficient (Wildman–Crippen LogP) is 6.66. The van der Waals surface area contributed by atoms with Crippen molar-refractivity contribution in [3.8, 4) is 17.6 Å². The van der Waals surface area contributed by atoms with E-state index >= 15 is 14.4 Å². The third-order valence-electron chi connectivity index (χ3n) is 12.7. The van der Waals surface area contributed by atoms with Crippen molar-refractivity contribution in [2.75, 3.05) is 38.7 Å². The molecule has 2 amide bonds. The molecule has 0 aliphatic carbocycles. The van der Waals surface area contributed by atoms with Gasteiger partial charge in [-0.15, -0.1) is 0 Å². The summed E-state index contributed by atoms with van der Waals surface area (Å²) < 4.78 is 12.8. The van der Waals surface area contributed by atoms with E-state index in [-0.39, 0.29) is 19.8 Å². The first kappa shape index (κ1) is 43.2. The molecule has 0 saturated carbocycles. The first-order valence-corrected chi connectivity index (χ1v) is 21.9. The van der Waals surface area contributed by atoms with E-state index in [0.29, 0.717) is 46.8 Å². The Morgan fingerprint density at radius 3 is 2.20 bits per heavy atom. The maximum absolute atomic E-state index is 15.6. The summed E-state index contributed by atoms with van der Waals surface area (Å²) in [6.07, 6.45) is -1.94. The zero-order valence-corrected chi connectivity index (χ0v) is 35.9. The molecule has 11 nitrogen and oxygen atoms in total. The molecular formula is C54H50N4O7. The van der Waals surface area contributed by atoms with Gasteiger partial charge < -0.3 is 30.3 Å². The maximum Gasteiger partial charge on any atom is 0.324 e. The lowest BCUT2D eigenvalue weighted by Gasteiger charge is -2.46. The maximum atomic E-state index is 15.6. The Morgan fingerprint density at radius 2 is 1.49 bits per heavy atom. The highest BCUT2D eigenvalue weighted by Crippen LogP contribution is 2.65. The number of hydrogen-bond donors (Lipinski definition) is 4. The van der Waals surface area contributed by atoms with Crippen LogP contribution in [0.4, 0.5) is 5.69 Å². The normalized spacial score (nSPS) is 22.6. The molecule has 9 rings (SSSR count). The van der Waals surface area contributed by atoms with Crippen molar-refractivity contribution in [3.05, 3.63) is 203 Å². The van der Waals surface area contributed by atoms with Crippen LogP contribution in [0.2, 0.25) is 0 Å². The van der Waals surface area contributed by atoms with Gasteiger partial charge >= 0.3 is 5.97 Å². The first-order valence-electron chi connectivity index (χ1n) is 21.9. The zero-order chi connectivity index (χ0) is 44.9. The number of nitrogens with one attached hydrogen (secondary N) is 2. The number of ether oxygens (including phenoxy) is 2. The van der Waals surface area contributed by atoms with Crippen LogP contribution in [0.15, 0.2) is 164 Å². The molecule has 4 N–H and O–H groups in total. The number of aliphatic hydroxyl groups excluding tert-OH is 2. The number of rotatable bonds is 13. The van der Waals surface area contributed by atoms with Crippen LogP contribution in [-0.2, 0) is 31.1 Å². The number of para-hydroxylation sites is 1. The molecule has 1 spiro atoms. The second kappa shape index (κ2) is 19.0. The number of fused-ring (bicyclic) bond motifs is 3. The molecule has 3 aliphatic heterocycles. The van der Waals surface area contributed by atoms with Crippen molar-refractivity contribution in [1.82, 2.24) is 15.1 Å². The molecular weight excluding hydrogens is 817 g/mol. The van der Waals surface area contributed by atoms with Crippen LogP contribution in [0.25, 0.3) is 0 Å². The van der Waals surface area contributed by atoms with Crippen LogP contribution in [0, 0.1) is 17.8 Å². The van der Waals surface area contributed by atoms with Gasteiger partial charge in [0.25, 0.3) is 0 Å². The van der Waals surface area contributed by atoms with Crippen LogP contribution in [0.3, 0.4) is 0 Å². The van der Waals surface area contributed by atoms with E-state index in [9.17, 15) is 10.2 Å². The van der Waals surface area contributed by atoms with Crippen LogP contribution < -0.4 is 15.4 Å². The Balaban J connectivity index is 1.25. The lowest BCUT2D eigenvalue weighted by molar-refractivity contribution is -0.178. The molecule has 0 aromatic heterocycles. The van der Waals surface area contributed by atoms with Gasteiger partial charge in [-0.3, -0.25) is 24.2 Å². The third-order valence-corrected chi connectivity index (χ3v) is 12.7. The van der Waals surface area contributed by atoms with Crippen molar-refractivity contribution in [2.24, 2.45) is 5.92 Å². The van der Waals surface area contributed by atoms with Crippen LogP contribution in [0.5, 0.6) is 5.75 Å². The van der Waals surface area contributed by atoms with E-state index in [1.807, 2.05) is 127 Å². The SMILES string of the molecule is CN(CC#Cc1ccc2c(c1)[C@]1(C(=O)N2)[C@H](c2ccccc2OCCO)N2[C@H](c3ccccc3)[C@H](c3ccccc3)OC(=O)[C@H]2[C@@H]1C(=O)NC[C@H](O)c1ccccc1)Cc1ccccc1. The number of benzene rings is 6. The van der Waals surface area contributed by atoms with Gasteiger partial charge in [0.1, 0.15) is 29.9 Å². The molecule has 6 aromatic rings. The van der Waals surface area contributed by atoms with Gasteiger partial charge in [0.05, 0.1) is 37.3 Å². The smallest absolute Gasteiger partial charge is 0.324 e. The summed E-state index contributed by atoms with van der Waals surface area (Å²) in [5.74, 6) is 3.82. The van der Waals surface area contributed by atoms with Crippen LogP contribution in [-0.4, -0.2) is 77.2 Å². The number of morpholine rings is 1. The molecule has 2 saturated heterocycles. The molecule has 3 aliphatic rings. The third kappa shape index (κ3) is 8.29. The molecule has 3 heterocycles. The molecule has 7 atom stereocenters. The number of carbonyl (C=O) groups excluding carboxylic acids is 3. The minimum Gasteiger partial charge on any atom is -0.491 e. The highest BCUT2D eigenvalue weighted by molar-refractivity contribution is 6.12. The van der Waals surface area contributed by atoms with Gasteiger partial charge in [0.2, 0.25) is 11.8 Å². The summed E-state index contributed by atoms with van der Waals surface area (Å²) in [6.45, 7) is 0.661. The standard InChI is InChI=1S/C54H50N4O7/c1-57(35-37-17-6-2-7-18-37)30-16-19-36-28-29-43-42(33-36)54(53(63)56-43)46(51(61)55-34-44(60)38-20-8-3-9-21-38)48-52(62)65-49(40-24-12-5-13-25-40)47(39-22-10-4-11-23-39)58(48)50(54)41-26-14-15-27-45(41)64-32-31-59/h2-15,17-18,20-29,33,44,46-50,59-60H,30-32,34-35H2,1H3,(H,55,61)(H,56,63)/t44-,46+,47+,48+,49-,50-,54+/m0/s1. The lowest BCUT2D eigenvalue weighted by atomic mass is 9.65. The fourth-order valence-corrected chi connectivity index (χ4v) is 9.96. The van der Waals surface area contributed by atoms with Crippen molar-refractivity contribution >= 4 is 23.5 Å². The van der Waals surface area contributed by atoms with Crippen molar-refractivity contribution < 1.29 is 34.1 Å². The number of esters is 1. The Kier molecular flexibility index (Phi) is 12.6. The van der Waals surface area contributed by atoms with Crippen molar-refractivity contribution in [1.29, 1.82) is 0 Å². The van der Waals surface area contributed by atoms with Crippen LogP contribution >= 0.6 is 0 Å². The summed E-state index contributed by atoms with van der Waals surface area (Å²) >= 11 is 0. The summed E-state index contributed by atoms with van der Waals surface area (Å²) in [5.41, 5.74) is 3.60. The Bertz CT molecular complexity index is 2710. The second-order valence-corrected chi connectivity index (χ2v) is 16.7. The number of hydrogen-bond acceptors (Lipinski definition) is 9. The molecule has 0 radical (unpaired) electrons. The highest BCUT2D eigenvalue weighted by atomic mass is 16.6. The van der Waals surface area contributed by atoms with Gasteiger partial charge in [0, 0.05) is 29.9 Å². The van der Waals surface area contributed by atoms with Crippen molar-refractivity contribution in [2.45, 2.75) is 42.3 Å². The zero-order valence-electron chi connectivity index (χ0n) is 35.9. The minimum atomic E-state index is -1.81. The topological polar surface area (TPSA) is 141 Å². The van der Waals surface area contributed by atoms with Gasteiger partial charge in [0.15, 0.2) is 0 Å². The van der Waals surface area contributed by atoms with E-state index < -0.39 is 59.5 Å². The summed E-state index contributed by atoms with van der Waals surface area (Å²) in [4.78, 5) is 50.4.